The van der Waals surface area contributed by atoms with E-state index in [0.717, 1.165) is 0 Å². The first-order valence-corrected chi connectivity index (χ1v) is 7.94. The van der Waals surface area contributed by atoms with Crippen LogP contribution in [0, 0.1) is 0 Å². The lowest BCUT2D eigenvalue weighted by Crippen LogP contribution is -2.52. The maximum Gasteiger partial charge on any atom is 0.328 e. The number of hydrogen-bond donors (Lipinski definition) is 7. The van der Waals surface area contributed by atoms with Crippen molar-refractivity contribution in [3.63, 3.8) is 0 Å². The Bertz CT molecular complexity index is 678. The van der Waals surface area contributed by atoms with Crippen LogP contribution in [0.5, 0.6) is 5.75 Å². The summed E-state index contributed by atoms with van der Waals surface area (Å²) in [5.41, 5.74) is 5.87. The first-order chi connectivity index (χ1) is 12.8. The number of phenolic OH excluding ortho intramolecular Hbond substituents is 1. The first-order valence-electron chi connectivity index (χ1n) is 7.94. The SMILES string of the molecule is NCC(=O)NC(Cc1ccc(O)cc1)C(=O)NCC(=O)NC(CO)C(=O)O. The molecular formula is C16H22N4O7. The molecule has 0 saturated heterocycles. The summed E-state index contributed by atoms with van der Waals surface area (Å²) in [6.45, 7) is -1.69. The summed E-state index contributed by atoms with van der Waals surface area (Å²) >= 11 is 0. The molecule has 2 atom stereocenters. The van der Waals surface area contributed by atoms with Gasteiger partial charge in [0, 0.05) is 6.42 Å². The van der Waals surface area contributed by atoms with Crippen LogP contribution in [0.2, 0.25) is 0 Å². The molecule has 0 fully saturated rings. The largest absolute Gasteiger partial charge is 0.508 e. The van der Waals surface area contributed by atoms with E-state index in [1.165, 1.54) is 12.1 Å². The van der Waals surface area contributed by atoms with Crippen LogP contribution in [0.4, 0.5) is 0 Å². The van der Waals surface area contributed by atoms with E-state index in [4.69, 9.17) is 15.9 Å². The van der Waals surface area contributed by atoms with Gasteiger partial charge in [0.2, 0.25) is 17.7 Å². The summed E-state index contributed by atoms with van der Waals surface area (Å²) in [6, 6.07) is 3.45. The molecule has 3 amide bonds. The molecule has 0 saturated carbocycles. The van der Waals surface area contributed by atoms with E-state index in [0.29, 0.717) is 5.56 Å². The molecule has 0 spiro atoms. The fourth-order valence-electron chi connectivity index (χ4n) is 2.05. The number of carboxylic acid groups (broad SMARTS) is 1. The predicted octanol–water partition coefficient (Wildman–Crippen LogP) is -2.94. The van der Waals surface area contributed by atoms with Crippen LogP contribution in [0.15, 0.2) is 24.3 Å². The molecule has 1 rings (SSSR count). The maximum atomic E-state index is 12.3. The standard InChI is InChI=1S/C16H22N4O7/c17-6-13(23)19-11(5-9-1-3-10(22)4-2-9)15(25)18-7-14(24)20-12(8-21)16(26)27/h1-4,11-12,21-22H,5-8,17H2,(H,18,25)(H,19,23)(H,20,24)(H,26,27). The van der Waals surface area contributed by atoms with E-state index < -0.39 is 48.9 Å². The molecule has 0 aliphatic carbocycles. The van der Waals surface area contributed by atoms with Crippen molar-refractivity contribution in [1.29, 1.82) is 0 Å². The number of aliphatic hydroxyl groups is 1. The van der Waals surface area contributed by atoms with Gasteiger partial charge in [0.1, 0.15) is 17.8 Å². The zero-order valence-corrected chi connectivity index (χ0v) is 14.3. The zero-order valence-electron chi connectivity index (χ0n) is 14.3. The number of hydrogen-bond acceptors (Lipinski definition) is 7. The highest BCUT2D eigenvalue weighted by Gasteiger charge is 2.23. The molecule has 2 unspecified atom stereocenters. The third-order valence-electron chi connectivity index (χ3n) is 3.45. The van der Waals surface area contributed by atoms with E-state index >= 15 is 0 Å². The van der Waals surface area contributed by atoms with Crippen molar-refractivity contribution in [3.8, 4) is 5.75 Å². The van der Waals surface area contributed by atoms with Crippen molar-refractivity contribution >= 4 is 23.7 Å². The number of benzene rings is 1. The van der Waals surface area contributed by atoms with E-state index in [1.807, 2.05) is 5.32 Å². The van der Waals surface area contributed by atoms with Crippen LogP contribution in [0.25, 0.3) is 0 Å². The van der Waals surface area contributed by atoms with E-state index in [1.54, 1.807) is 12.1 Å². The highest BCUT2D eigenvalue weighted by atomic mass is 16.4. The number of nitrogens with one attached hydrogen (secondary N) is 3. The van der Waals surface area contributed by atoms with Crippen molar-refractivity contribution in [3.05, 3.63) is 29.8 Å². The Hall–Kier alpha value is -3.18. The number of amides is 3. The molecular weight excluding hydrogens is 360 g/mol. The van der Waals surface area contributed by atoms with Crippen LogP contribution in [-0.4, -0.2) is 70.8 Å². The molecule has 0 aliphatic rings. The summed E-state index contributed by atoms with van der Waals surface area (Å²) in [4.78, 5) is 46.3. The molecule has 1 aromatic carbocycles. The summed E-state index contributed by atoms with van der Waals surface area (Å²) < 4.78 is 0. The number of rotatable bonds is 10. The third kappa shape index (κ3) is 7.71. The van der Waals surface area contributed by atoms with Gasteiger partial charge < -0.3 is 37.0 Å². The Balaban J connectivity index is 2.69. The topological polar surface area (TPSA) is 191 Å². The molecule has 1 aromatic rings. The number of aliphatic carboxylic acids is 1. The number of phenols is 1. The monoisotopic (exact) mass is 382 g/mol. The normalized spacial score (nSPS) is 12.5. The van der Waals surface area contributed by atoms with Crippen molar-refractivity contribution in [2.75, 3.05) is 19.7 Å². The van der Waals surface area contributed by atoms with Gasteiger partial charge in [0.25, 0.3) is 0 Å². The average molecular weight is 382 g/mol. The molecule has 0 bridgehead atoms. The van der Waals surface area contributed by atoms with Gasteiger partial charge in [0.15, 0.2) is 0 Å². The second-order valence-electron chi connectivity index (χ2n) is 5.55. The predicted molar refractivity (Wildman–Crippen MR) is 92.5 cm³/mol. The fraction of sp³-hybridized carbons (Fsp3) is 0.375. The Morgan fingerprint density at radius 3 is 2.11 bits per heavy atom. The number of nitrogens with two attached hydrogens (primary N) is 1. The molecule has 0 radical (unpaired) electrons. The molecule has 148 valence electrons. The van der Waals surface area contributed by atoms with Gasteiger partial charge in [-0.2, -0.15) is 0 Å². The fourth-order valence-corrected chi connectivity index (χ4v) is 2.05. The smallest absolute Gasteiger partial charge is 0.328 e. The second kappa shape index (κ2) is 10.7. The van der Waals surface area contributed by atoms with Crippen LogP contribution in [0.3, 0.4) is 0 Å². The average Bonchev–Trinajstić information content (AvgIpc) is 2.64. The molecule has 11 nitrogen and oxygen atoms in total. The Kier molecular flexibility index (Phi) is 8.69. The van der Waals surface area contributed by atoms with Crippen molar-refractivity contribution in [2.45, 2.75) is 18.5 Å². The van der Waals surface area contributed by atoms with Gasteiger partial charge in [-0.3, -0.25) is 14.4 Å². The second-order valence-corrected chi connectivity index (χ2v) is 5.55. The maximum absolute atomic E-state index is 12.3. The van der Waals surface area contributed by atoms with Crippen molar-refractivity contribution in [1.82, 2.24) is 16.0 Å². The Morgan fingerprint density at radius 2 is 1.59 bits per heavy atom. The molecule has 0 aromatic heterocycles. The molecule has 0 aliphatic heterocycles. The van der Waals surface area contributed by atoms with Gasteiger partial charge in [0.05, 0.1) is 19.7 Å². The minimum atomic E-state index is -1.49. The number of carbonyl (C=O) groups excluding carboxylic acids is 3. The van der Waals surface area contributed by atoms with E-state index in [9.17, 15) is 24.3 Å². The van der Waals surface area contributed by atoms with Crippen molar-refractivity contribution < 1.29 is 34.5 Å². The summed E-state index contributed by atoms with van der Waals surface area (Å²) in [6.07, 6.45) is 0.0772. The lowest BCUT2D eigenvalue weighted by atomic mass is 10.0. The highest BCUT2D eigenvalue weighted by Crippen LogP contribution is 2.11. The van der Waals surface area contributed by atoms with Gasteiger partial charge in [-0.1, -0.05) is 12.1 Å². The quantitative estimate of drug-likeness (QED) is 0.223. The third-order valence-corrected chi connectivity index (χ3v) is 3.45. The van der Waals surface area contributed by atoms with E-state index in [2.05, 4.69) is 10.6 Å². The summed E-state index contributed by atoms with van der Waals surface area (Å²) in [7, 11) is 0. The number of carboxylic acids is 1. The number of aromatic hydroxyl groups is 1. The zero-order chi connectivity index (χ0) is 20.4. The van der Waals surface area contributed by atoms with Crippen LogP contribution < -0.4 is 21.7 Å². The minimum absolute atomic E-state index is 0.0410. The van der Waals surface area contributed by atoms with Crippen LogP contribution in [-0.2, 0) is 25.6 Å². The first kappa shape index (κ1) is 21.9. The summed E-state index contributed by atoms with van der Waals surface area (Å²) in [5.74, 6) is -3.46. The van der Waals surface area contributed by atoms with Gasteiger partial charge in [-0.25, -0.2) is 4.79 Å². The van der Waals surface area contributed by atoms with Crippen molar-refractivity contribution in [2.24, 2.45) is 5.73 Å². The highest BCUT2D eigenvalue weighted by molar-refractivity contribution is 5.92. The van der Waals surface area contributed by atoms with Gasteiger partial charge >= 0.3 is 5.97 Å². The Labute approximate surface area is 154 Å². The molecule has 0 heterocycles. The van der Waals surface area contributed by atoms with Crippen LogP contribution in [0.1, 0.15) is 5.56 Å². The molecule has 8 N–H and O–H groups in total. The summed E-state index contributed by atoms with van der Waals surface area (Å²) in [5, 5.41) is 33.6. The lowest BCUT2D eigenvalue weighted by molar-refractivity contribution is -0.142. The number of aliphatic hydroxyl groups excluding tert-OH is 1. The van der Waals surface area contributed by atoms with E-state index in [-0.39, 0.29) is 18.7 Å². The minimum Gasteiger partial charge on any atom is -0.508 e. The lowest BCUT2D eigenvalue weighted by Gasteiger charge is -2.19. The van der Waals surface area contributed by atoms with Crippen LogP contribution >= 0.6 is 0 Å². The molecule has 11 heteroatoms. The van der Waals surface area contributed by atoms with Gasteiger partial charge in [-0.15, -0.1) is 0 Å². The number of carbonyl (C=O) groups is 4. The van der Waals surface area contributed by atoms with Gasteiger partial charge in [-0.05, 0) is 17.7 Å². The molecule has 27 heavy (non-hydrogen) atoms. The Morgan fingerprint density at radius 1 is 1.00 bits per heavy atom.